The van der Waals surface area contributed by atoms with Gasteiger partial charge >= 0.3 is 5.97 Å². The Morgan fingerprint density at radius 3 is 2.33 bits per heavy atom. The van der Waals surface area contributed by atoms with Gasteiger partial charge in [-0.25, -0.2) is 4.79 Å². The Labute approximate surface area is 132 Å². The van der Waals surface area contributed by atoms with Crippen LogP contribution in [0.1, 0.15) is 51.4 Å². The first-order valence-electron chi connectivity index (χ1n) is 6.91. The number of nitrogens with two attached hydrogens (primary N) is 1. The van der Waals surface area contributed by atoms with Crippen LogP contribution in [-0.4, -0.2) is 18.6 Å². The standard InChI is InChI=1S/C16H25ClN2O2/c1-15(2,3)9-16(4,5)19-13-11(14(20)21-6)7-10(18)8-12(13)17/h7-8,19H,9,18H2,1-6H3. The van der Waals surface area contributed by atoms with Gasteiger partial charge in [-0.3, -0.25) is 0 Å². The lowest BCUT2D eigenvalue weighted by Gasteiger charge is -2.35. The molecule has 1 aromatic rings. The predicted octanol–water partition coefficient (Wildman–Crippen LogP) is 4.34. The van der Waals surface area contributed by atoms with Crippen LogP contribution in [0, 0.1) is 5.41 Å². The zero-order chi connectivity index (χ0) is 16.4. The molecule has 0 spiro atoms. The highest BCUT2D eigenvalue weighted by Gasteiger charge is 2.28. The summed E-state index contributed by atoms with van der Waals surface area (Å²) in [6, 6.07) is 3.21. The van der Waals surface area contributed by atoms with Crippen LogP contribution in [0.5, 0.6) is 0 Å². The molecule has 0 heterocycles. The van der Waals surface area contributed by atoms with Gasteiger partial charge in [0, 0.05) is 11.2 Å². The van der Waals surface area contributed by atoms with E-state index < -0.39 is 5.97 Å². The van der Waals surface area contributed by atoms with Crippen molar-refractivity contribution in [1.29, 1.82) is 0 Å². The zero-order valence-electron chi connectivity index (χ0n) is 13.6. The Bertz CT molecular complexity index is 534. The topological polar surface area (TPSA) is 64.3 Å². The second-order valence-corrected chi connectivity index (χ2v) is 7.57. The maximum Gasteiger partial charge on any atom is 0.340 e. The minimum atomic E-state index is -0.460. The molecular formula is C16H25ClN2O2. The largest absolute Gasteiger partial charge is 0.465 e. The van der Waals surface area contributed by atoms with E-state index in [1.165, 1.54) is 7.11 Å². The van der Waals surface area contributed by atoms with E-state index in [4.69, 9.17) is 22.1 Å². The fraction of sp³-hybridized carbons (Fsp3) is 0.562. The third kappa shape index (κ3) is 5.12. The van der Waals surface area contributed by atoms with E-state index in [-0.39, 0.29) is 11.0 Å². The first-order chi connectivity index (χ1) is 9.45. The number of methoxy groups -OCH3 is 1. The van der Waals surface area contributed by atoms with Crippen LogP contribution in [0.3, 0.4) is 0 Å². The summed E-state index contributed by atoms with van der Waals surface area (Å²) in [5, 5.41) is 3.78. The molecule has 0 unspecified atom stereocenters. The molecule has 1 aromatic carbocycles. The molecule has 0 atom stereocenters. The summed E-state index contributed by atoms with van der Waals surface area (Å²) in [6.07, 6.45) is 0.904. The lowest BCUT2D eigenvalue weighted by atomic mass is 9.81. The molecule has 0 bridgehead atoms. The third-order valence-electron chi connectivity index (χ3n) is 2.95. The van der Waals surface area contributed by atoms with Gasteiger partial charge in [0.05, 0.1) is 23.4 Å². The molecular weight excluding hydrogens is 288 g/mol. The Kier molecular flexibility index (Phi) is 5.16. The van der Waals surface area contributed by atoms with Crippen molar-refractivity contribution >= 4 is 28.9 Å². The summed E-state index contributed by atoms with van der Waals surface area (Å²) < 4.78 is 4.81. The zero-order valence-corrected chi connectivity index (χ0v) is 14.4. The number of nitrogen functional groups attached to an aromatic ring is 1. The second kappa shape index (κ2) is 6.14. The van der Waals surface area contributed by atoms with E-state index >= 15 is 0 Å². The molecule has 0 aliphatic carbocycles. The monoisotopic (exact) mass is 312 g/mol. The Balaban J connectivity index is 3.21. The number of rotatable bonds is 4. The van der Waals surface area contributed by atoms with Crippen molar-refractivity contribution in [2.24, 2.45) is 5.41 Å². The minimum Gasteiger partial charge on any atom is -0.465 e. The van der Waals surface area contributed by atoms with E-state index in [0.717, 1.165) is 6.42 Å². The highest BCUT2D eigenvalue weighted by atomic mass is 35.5. The van der Waals surface area contributed by atoms with Gasteiger partial charge in [-0.1, -0.05) is 32.4 Å². The SMILES string of the molecule is COC(=O)c1cc(N)cc(Cl)c1NC(C)(C)CC(C)(C)C. The molecule has 21 heavy (non-hydrogen) atoms. The van der Waals surface area contributed by atoms with Gasteiger partial charge in [0.1, 0.15) is 0 Å². The van der Waals surface area contributed by atoms with E-state index in [1.54, 1.807) is 12.1 Å². The summed E-state index contributed by atoms with van der Waals surface area (Å²) in [5.41, 5.74) is 7.02. The van der Waals surface area contributed by atoms with Crippen molar-refractivity contribution in [2.75, 3.05) is 18.2 Å². The fourth-order valence-electron chi connectivity index (χ4n) is 2.73. The van der Waals surface area contributed by atoms with Crippen molar-refractivity contribution in [1.82, 2.24) is 0 Å². The van der Waals surface area contributed by atoms with Crippen molar-refractivity contribution in [2.45, 2.75) is 46.6 Å². The van der Waals surface area contributed by atoms with Crippen LogP contribution in [-0.2, 0) is 4.74 Å². The molecule has 0 aromatic heterocycles. The number of anilines is 2. The molecule has 0 radical (unpaired) electrons. The van der Waals surface area contributed by atoms with Crippen LogP contribution >= 0.6 is 11.6 Å². The number of ether oxygens (including phenoxy) is 1. The van der Waals surface area contributed by atoms with Gasteiger partial charge in [0.2, 0.25) is 0 Å². The van der Waals surface area contributed by atoms with Gasteiger partial charge in [-0.2, -0.15) is 0 Å². The summed E-state index contributed by atoms with van der Waals surface area (Å²) in [4.78, 5) is 11.9. The van der Waals surface area contributed by atoms with Crippen LogP contribution in [0.15, 0.2) is 12.1 Å². The molecule has 118 valence electrons. The fourth-order valence-corrected chi connectivity index (χ4v) is 3.01. The first kappa shape index (κ1) is 17.6. The van der Waals surface area contributed by atoms with Crippen LogP contribution in [0.4, 0.5) is 11.4 Å². The number of hydrogen-bond acceptors (Lipinski definition) is 4. The molecule has 0 saturated heterocycles. The minimum absolute atomic E-state index is 0.141. The number of carbonyl (C=O) groups is 1. The van der Waals surface area contributed by atoms with Gasteiger partial charge in [0.15, 0.2) is 0 Å². The van der Waals surface area contributed by atoms with E-state index in [1.807, 2.05) is 0 Å². The molecule has 0 fully saturated rings. The van der Waals surface area contributed by atoms with Crippen molar-refractivity contribution in [3.63, 3.8) is 0 Å². The van der Waals surface area contributed by atoms with Gasteiger partial charge < -0.3 is 15.8 Å². The van der Waals surface area contributed by atoms with Crippen molar-refractivity contribution in [3.8, 4) is 0 Å². The van der Waals surface area contributed by atoms with Gasteiger partial charge in [0.25, 0.3) is 0 Å². The molecule has 5 heteroatoms. The van der Waals surface area contributed by atoms with E-state index in [9.17, 15) is 4.79 Å². The highest BCUT2D eigenvalue weighted by molar-refractivity contribution is 6.34. The van der Waals surface area contributed by atoms with Crippen LogP contribution in [0.25, 0.3) is 0 Å². The van der Waals surface area contributed by atoms with Crippen LogP contribution in [0.2, 0.25) is 5.02 Å². The van der Waals surface area contributed by atoms with Crippen LogP contribution < -0.4 is 11.1 Å². The summed E-state index contributed by atoms with van der Waals surface area (Å²) in [5.74, 6) is -0.460. The average Bonchev–Trinajstić information content (AvgIpc) is 2.28. The maximum atomic E-state index is 11.9. The maximum absolute atomic E-state index is 11.9. The molecule has 3 N–H and O–H groups in total. The lowest BCUT2D eigenvalue weighted by molar-refractivity contribution is 0.0602. The summed E-state index contributed by atoms with van der Waals surface area (Å²) in [6.45, 7) is 10.7. The number of carbonyl (C=O) groups excluding carboxylic acids is 1. The molecule has 0 saturated carbocycles. The quantitative estimate of drug-likeness (QED) is 0.641. The third-order valence-corrected chi connectivity index (χ3v) is 3.25. The molecule has 0 aliphatic rings. The van der Waals surface area contributed by atoms with Crippen molar-refractivity contribution < 1.29 is 9.53 Å². The molecule has 4 nitrogen and oxygen atoms in total. The first-order valence-corrected chi connectivity index (χ1v) is 7.28. The van der Waals surface area contributed by atoms with Gasteiger partial charge in [-0.15, -0.1) is 0 Å². The number of hydrogen-bond donors (Lipinski definition) is 2. The van der Waals surface area contributed by atoms with Crippen molar-refractivity contribution in [3.05, 3.63) is 22.7 Å². The Morgan fingerprint density at radius 1 is 1.29 bits per heavy atom. The lowest BCUT2D eigenvalue weighted by Crippen LogP contribution is -2.36. The number of esters is 1. The average molecular weight is 313 g/mol. The second-order valence-electron chi connectivity index (χ2n) is 7.16. The highest BCUT2D eigenvalue weighted by Crippen LogP contribution is 2.35. The van der Waals surface area contributed by atoms with Gasteiger partial charge in [-0.05, 0) is 37.8 Å². The Morgan fingerprint density at radius 2 is 1.86 bits per heavy atom. The number of halogens is 1. The summed E-state index contributed by atoms with van der Waals surface area (Å²) in [7, 11) is 1.34. The number of nitrogens with one attached hydrogen (secondary N) is 1. The summed E-state index contributed by atoms with van der Waals surface area (Å²) >= 11 is 6.26. The molecule has 0 aliphatic heterocycles. The smallest absolute Gasteiger partial charge is 0.340 e. The molecule has 0 amide bonds. The predicted molar refractivity (Wildman–Crippen MR) is 89.0 cm³/mol. The van der Waals surface area contributed by atoms with E-state index in [2.05, 4.69) is 39.9 Å². The normalized spacial score (nSPS) is 12.1. The molecule has 1 rings (SSSR count). The Hall–Kier alpha value is -1.42. The van der Waals surface area contributed by atoms with E-state index in [0.29, 0.717) is 22.0 Å². The number of benzene rings is 1.